The van der Waals surface area contributed by atoms with Crippen LogP contribution in [0.2, 0.25) is 0 Å². The van der Waals surface area contributed by atoms with E-state index in [1.807, 2.05) is 6.20 Å². The minimum atomic E-state index is 0.603. The van der Waals surface area contributed by atoms with E-state index in [4.69, 9.17) is 14.2 Å². The minimum absolute atomic E-state index is 0.603. The van der Waals surface area contributed by atoms with Crippen LogP contribution in [0.1, 0.15) is 19.0 Å². The summed E-state index contributed by atoms with van der Waals surface area (Å²) in [4.78, 5) is 0. The summed E-state index contributed by atoms with van der Waals surface area (Å²) in [6.45, 7) is 7.76. The molecule has 1 rings (SSSR count). The van der Waals surface area contributed by atoms with Gasteiger partial charge in [-0.25, -0.2) is 4.68 Å². The van der Waals surface area contributed by atoms with Gasteiger partial charge in [0.2, 0.25) is 0 Å². The molecule has 0 radical (unpaired) electrons. The van der Waals surface area contributed by atoms with Gasteiger partial charge in [-0.05, 0) is 13.0 Å². The third-order valence-electron chi connectivity index (χ3n) is 2.62. The number of nitrogens with zero attached hydrogens (tertiary/aromatic N) is 3. The Labute approximate surface area is 120 Å². The van der Waals surface area contributed by atoms with Gasteiger partial charge in [0.25, 0.3) is 0 Å². The molecule has 7 heteroatoms. The lowest BCUT2D eigenvalue weighted by molar-refractivity contribution is 0.0366. The van der Waals surface area contributed by atoms with E-state index in [0.717, 1.165) is 31.8 Å². The standard InChI is InChI=1S/C13H26N4O3/c1-3-14-11-13-12-17(16-15-13)5-8-20-10-9-19-7-4-6-18-2/h12,14H,3-11H2,1-2H3. The summed E-state index contributed by atoms with van der Waals surface area (Å²) in [6.07, 6.45) is 2.86. The summed E-state index contributed by atoms with van der Waals surface area (Å²) >= 11 is 0. The van der Waals surface area contributed by atoms with Crippen LogP contribution in [0.4, 0.5) is 0 Å². The molecule has 1 aromatic heterocycles. The van der Waals surface area contributed by atoms with Crippen molar-refractivity contribution in [3.8, 4) is 0 Å². The minimum Gasteiger partial charge on any atom is -0.385 e. The zero-order chi connectivity index (χ0) is 14.5. The zero-order valence-electron chi connectivity index (χ0n) is 12.5. The van der Waals surface area contributed by atoms with E-state index >= 15 is 0 Å². The first-order valence-corrected chi connectivity index (χ1v) is 7.11. The average Bonchev–Trinajstić information content (AvgIpc) is 2.91. The van der Waals surface area contributed by atoms with E-state index in [9.17, 15) is 0 Å². The van der Waals surface area contributed by atoms with Crippen molar-refractivity contribution in [1.82, 2.24) is 20.3 Å². The third-order valence-corrected chi connectivity index (χ3v) is 2.62. The molecule has 0 spiro atoms. The summed E-state index contributed by atoms with van der Waals surface area (Å²) < 4.78 is 17.6. The quantitative estimate of drug-likeness (QED) is 0.531. The smallest absolute Gasteiger partial charge is 0.0964 e. The SMILES string of the molecule is CCNCc1cn(CCOCCOCCCOC)nn1. The molecule has 0 aliphatic heterocycles. The Morgan fingerprint density at radius 3 is 2.70 bits per heavy atom. The van der Waals surface area contributed by atoms with E-state index < -0.39 is 0 Å². The largest absolute Gasteiger partial charge is 0.385 e. The summed E-state index contributed by atoms with van der Waals surface area (Å²) in [5, 5.41) is 11.3. The lowest BCUT2D eigenvalue weighted by Crippen LogP contribution is -2.12. The van der Waals surface area contributed by atoms with Gasteiger partial charge in [-0.3, -0.25) is 0 Å². The maximum Gasteiger partial charge on any atom is 0.0964 e. The van der Waals surface area contributed by atoms with E-state index in [2.05, 4.69) is 22.6 Å². The molecule has 116 valence electrons. The second-order valence-corrected chi connectivity index (χ2v) is 4.32. The predicted octanol–water partition coefficient (Wildman–Crippen LogP) is 0.457. The van der Waals surface area contributed by atoms with Gasteiger partial charge in [-0.15, -0.1) is 5.10 Å². The summed E-state index contributed by atoms with van der Waals surface area (Å²) in [6, 6.07) is 0. The van der Waals surface area contributed by atoms with Gasteiger partial charge in [-0.2, -0.15) is 0 Å². The first-order valence-electron chi connectivity index (χ1n) is 7.11. The molecular formula is C13H26N4O3. The molecule has 1 N–H and O–H groups in total. The molecule has 0 aromatic carbocycles. The fourth-order valence-corrected chi connectivity index (χ4v) is 1.57. The lowest BCUT2D eigenvalue weighted by atomic mass is 10.4. The number of rotatable bonds is 13. The van der Waals surface area contributed by atoms with Crippen LogP contribution in [-0.2, 0) is 27.3 Å². The molecule has 1 heterocycles. The van der Waals surface area contributed by atoms with Crippen LogP contribution >= 0.6 is 0 Å². The number of ether oxygens (including phenoxy) is 3. The molecule has 0 saturated carbocycles. The van der Waals surface area contributed by atoms with Crippen LogP contribution in [0.3, 0.4) is 0 Å². The van der Waals surface area contributed by atoms with Crippen LogP contribution < -0.4 is 5.32 Å². The van der Waals surface area contributed by atoms with Crippen LogP contribution in [0.25, 0.3) is 0 Å². The Kier molecular flexibility index (Phi) is 10.0. The number of nitrogens with one attached hydrogen (secondary N) is 1. The predicted molar refractivity (Wildman–Crippen MR) is 75.5 cm³/mol. The molecular weight excluding hydrogens is 260 g/mol. The van der Waals surface area contributed by atoms with Crippen LogP contribution in [0.15, 0.2) is 6.20 Å². The fraction of sp³-hybridized carbons (Fsp3) is 0.846. The molecule has 0 saturated heterocycles. The molecule has 7 nitrogen and oxygen atoms in total. The van der Waals surface area contributed by atoms with Gasteiger partial charge in [0.1, 0.15) is 0 Å². The summed E-state index contributed by atoms with van der Waals surface area (Å²) in [7, 11) is 1.69. The van der Waals surface area contributed by atoms with Crippen molar-refractivity contribution in [2.75, 3.05) is 46.7 Å². The van der Waals surface area contributed by atoms with Gasteiger partial charge in [0, 0.05) is 33.1 Å². The normalized spacial score (nSPS) is 11.1. The van der Waals surface area contributed by atoms with Crippen molar-refractivity contribution in [2.45, 2.75) is 26.4 Å². The van der Waals surface area contributed by atoms with Gasteiger partial charge in [0.15, 0.2) is 0 Å². The Morgan fingerprint density at radius 2 is 1.95 bits per heavy atom. The monoisotopic (exact) mass is 286 g/mol. The third kappa shape index (κ3) is 8.21. The van der Waals surface area contributed by atoms with Crippen molar-refractivity contribution in [3.63, 3.8) is 0 Å². The topological polar surface area (TPSA) is 70.4 Å². The Morgan fingerprint density at radius 1 is 1.15 bits per heavy atom. The average molecular weight is 286 g/mol. The molecule has 0 unspecified atom stereocenters. The molecule has 0 atom stereocenters. The van der Waals surface area contributed by atoms with Crippen LogP contribution in [-0.4, -0.2) is 61.7 Å². The molecule has 0 aliphatic rings. The highest BCUT2D eigenvalue weighted by Gasteiger charge is 1.99. The molecule has 1 aromatic rings. The number of aromatic nitrogens is 3. The zero-order valence-corrected chi connectivity index (χ0v) is 12.5. The lowest BCUT2D eigenvalue weighted by Gasteiger charge is -2.05. The maximum absolute atomic E-state index is 5.47. The van der Waals surface area contributed by atoms with Gasteiger partial charge in [0.05, 0.1) is 32.1 Å². The second kappa shape index (κ2) is 11.8. The van der Waals surface area contributed by atoms with Crippen molar-refractivity contribution in [1.29, 1.82) is 0 Å². The first kappa shape index (κ1) is 17.0. The number of methoxy groups -OCH3 is 1. The number of hydrogen-bond acceptors (Lipinski definition) is 6. The van der Waals surface area contributed by atoms with Crippen molar-refractivity contribution in [3.05, 3.63) is 11.9 Å². The van der Waals surface area contributed by atoms with E-state index in [-0.39, 0.29) is 0 Å². The highest BCUT2D eigenvalue weighted by atomic mass is 16.5. The first-order chi connectivity index (χ1) is 9.86. The molecule has 0 bridgehead atoms. The van der Waals surface area contributed by atoms with Gasteiger partial charge < -0.3 is 19.5 Å². The Hall–Kier alpha value is -1.02. The van der Waals surface area contributed by atoms with Crippen molar-refractivity contribution >= 4 is 0 Å². The number of hydrogen-bond donors (Lipinski definition) is 1. The van der Waals surface area contributed by atoms with Crippen LogP contribution in [0.5, 0.6) is 0 Å². The highest BCUT2D eigenvalue weighted by molar-refractivity contribution is 4.91. The van der Waals surface area contributed by atoms with Gasteiger partial charge >= 0.3 is 0 Å². The van der Waals surface area contributed by atoms with Crippen molar-refractivity contribution < 1.29 is 14.2 Å². The van der Waals surface area contributed by atoms with Crippen LogP contribution in [0, 0.1) is 0 Å². The van der Waals surface area contributed by atoms with E-state index in [1.165, 1.54) is 0 Å². The van der Waals surface area contributed by atoms with E-state index in [1.54, 1.807) is 11.8 Å². The molecule has 0 fully saturated rings. The highest BCUT2D eigenvalue weighted by Crippen LogP contribution is 1.93. The Bertz CT molecular complexity index is 333. The van der Waals surface area contributed by atoms with E-state index in [0.29, 0.717) is 33.0 Å². The van der Waals surface area contributed by atoms with Gasteiger partial charge in [-0.1, -0.05) is 12.1 Å². The summed E-state index contributed by atoms with van der Waals surface area (Å²) in [5.74, 6) is 0. The molecule has 0 amide bonds. The molecule has 0 aliphatic carbocycles. The summed E-state index contributed by atoms with van der Waals surface area (Å²) in [5.41, 5.74) is 0.952. The Balaban J connectivity index is 1.94. The molecule has 20 heavy (non-hydrogen) atoms. The second-order valence-electron chi connectivity index (χ2n) is 4.32. The fourth-order valence-electron chi connectivity index (χ4n) is 1.57. The maximum atomic E-state index is 5.47. The van der Waals surface area contributed by atoms with Crippen molar-refractivity contribution in [2.24, 2.45) is 0 Å².